The maximum Gasteiger partial charge on any atom is 0.231 e. The number of halogens is 2. The minimum absolute atomic E-state index is 0.156. The van der Waals surface area contributed by atoms with Gasteiger partial charge in [-0.2, -0.15) is 0 Å². The fraction of sp³-hybridized carbons (Fsp3) is 0.462. The summed E-state index contributed by atoms with van der Waals surface area (Å²) in [5.74, 6) is -0.559. The van der Waals surface area contributed by atoms with Crippen molar-refractivity contribution in [3.63, 3.8) is 0 Å². The lowest BCUT2D eigenvalue weighted by Crippen LogP contribution is -2.41. The number of nitrogens with one attached hydrogen (secondary N) is 1. The number of carbonyl (C=O) groups is 1. The van der Waals surface area contributed by atoms with Gasteiger partial charge in [0.15, 0.2) is 0 Å². The lowest BCUT2D eigenvalue weighted by molar-refractivity contribution is -0.125. The average Bonchev–Trinajstić information content (AvgIpc) is 2.37. The van der Waals surface area contributed by atoms with Gasteiger partial charge in [0.1, 0.15) is 5.82 Å². The number of nitrogens with two attached hydrogens (primary N) is 1. The highest BCUT2D eigenvalue weighted by molar-refractivity contribution is 9.10. The molecule has 0 atom stereocenters. The predicted molar refractivity (Wildman–Crippen MR) is 74.8 cm³/mol. The molecule has 0 bridgehead atoms. The van der Waals surface area contributed by atoms with Crippen LogP contribution in [-0.2, 0) is 4.79 Å². The van der Waals surface area contributed by atoms with Gasteiger partial charge in [-0.25, -0.2) is 4.39 Å². The molecule has 0 aliphatic rings. The molecule has 0 unspecified atom stereocenters. The molecule has 1 rings (SSSR count). The van der Waals surface area contributed by atoms with E-state index in [2.05, 4.69) is 21.2 Å². The number of hydrogen-bond donors (Lipinski definition) is 2. The summed E-state index contributed by atoms with van der Waals surface area (Å²) < 4.78 is 13.7. The Labute approximate surface area is 115 Å². The third kappa shape index (κ3) is 3.09. The second kappa shape index (κ2) is 6.29. The molecule has 3 N–H and O–H groups in total. The minimum Gasteiger partial charge on any atom is -0.329 e. The molecule has 0 radical (unpaired) electrons. The van der Waals surface area contributed by atoms with Crippen LogP contribution < -0.4 is 11.1 Å². The molecule has 0 aromatic heterocycles. The van der Waals surface area contributed by atoms with Gasteiger partial charge in [0.05, 0.1) is 9.89 Å². The Morgan fingerprint density at radius 3 is 2.50 bits per heavy atom. The summed E-state index contributed by atoms with van der Waals surface area (Å²) in [6, 6.07) is 4.50. The summed E-state index contributed by atoms with van der Waals surface area (Å²) in [5.41, 5.74) is 5.56. The van der Waals surface area contributed by atoms with E-state index in [9.17, 15) is 9.18 Å². The summed E-state index contributed by atoms with van der Waals surface area (Å²) in [6.07, 6.45) is 1.32. The second-order valence-corrected chi connectivity index (χ2v) is 5.13. The molecule has 0 spiro atoms. The van der Waals surface area contributed by atoms with E-state index in [-0.39, 0.29) is 12.5 Å². The van der Waals surface area contributed by atoms with Crippen LogP contribution in [0, 0.1) is 11.2 Å². The number of amides is 1. The van der Waals surface area contributed by atoms with Gasteiger partial charge >= 0.3 is 0 Å². The van der Waals surface area contributed by atoms with Crippen molar-refractivity contribution in [1.82, 2.24) is 0 Å². The highest BCUT2D eigenvalue weighted by atomic mass is 79.9. The minimum atomic E-state index is -0.580. The fourth-order valence-electron chi connectivity index (χ4n) is 1.79. The van der Waals surface area contributed by atoms with Crippen molar-refractivity contribution in [3.05, 3.63) is 28.5 Å². The first kappa shape index (κ1) is 15.1. The third-order valence-corrected chi connectivity index (χ3v) is 4.05. The van der Waals surface area contributed by atoms with E-state index in [1.54, 1.807) is 12.1 Å². The number of rotatable bonds is 5. The first-order valence-electron chi connectivity index (χ1n) is 5.95. The normalized spacial score (nSPS) is 11.4. The molecule has 3 nitrogen and oxygen atoms in total. The Bertz CT molecular complexity index is 425. The number of anilines is 1. The predicted octanol–water partition coefficient (Wildman–Crippen LogP) is 3.29. The summed E-state index contributed by atoms with van der Waals surface area (Å²) in [5, 5.41) is 2.72. The molecular formula is C13H18BrFN2O. The molecule has 0 aliphatic carbocycles. The maximum atomic E-state index is 13.3. The Kier molecular flexibility index (Phi) is 5.28. The summed E-state index contributed by atoms with van der Waals surface area (Å²) in [6.45, 7) is 4.14. The van der Waals surface area contributed by atoms with Crippen LogP contribution in [0.4, 0.5) is 10.1 Å². The van der Waals surface area contributed by atoms with E-state index in [1.165, 1.54) is 6.07 Å². The van der Waals surface area contributed by atoms with Crippen LogP contribution in [0.15, 0.2) is 22.7 Å². The zero-order valence-corrected chi connectivity index (χ0v) is 12.2. The van der Waals surface area contributed by atoms with Crippen LogP contribution in [0.5, 0.6) is 0 Å². The van der Waals surface area contributed by atoms with E-state index in [1.807, 2.05) is 13.8 Å². The van der Waals surface area contributed by atoms with Gasteiger partial charge in [-0.1, -0.05) is 13.8 Å². The van der Waals surface area contributed by atoms with E-state index >= 15 is 0 Å². The van der Waals surface area contributed by atoms with Gasteiger partial charge in [0.25, 0.3) is 0 Å². The molecule has 5 heteroatoms. The molecule has 0 heterocycles. The quantitative estimate of drug-likeness (QED) is 0.875. The molecule has 0 saturated heterocycles. The SMILES string of the molecule is CCC(CC)(CN)C(=O)Nc1ccc(Br)c(F)c1. The molecule has 0 fully saturated rings. The van der Waals surface area contributed by atoms with Gasteiger partial charge in [-0.3, -0.25) is 4.79 Å². The zero-order chi connectivity index (χ0) is 13.8. The fourth-order valence-corrected chi connectivity index (χ4v) is 2.04. The Balaban J connectivity index is 2.89. The molecule has 0 saturated carbocycles. The topological polar surface area (TPSA) is 55.1 Å². The summed E-state index contributed by atoms with van der Waals surface area (Å²) >= 11 is 3.07. The molecule has 1 amide bonds. The molecule has 1 aromatic carbocycles. The van der Waals surface area contributed by atoms with Crippen molar-refractivity contribution in [2.45, 2.75) is 26.7 Å². The van der Waals surface area contributed by atoms with Crippen LogP contribution in [0.2, 0.25) is 0 Å². The Morgan fingerprint density at radius 1 is 1.44 bits per heavy atom. The molecular weight excluding hydrogens is 299 g/mol. The number of carbonyl (C=O) groups excluding carboxylic acids is 1. The maximum absolute atomic E-state index is 13.3. The van der Waals surface area contributed by atoms with Gasteiger partial charge in [-0.15, -0.1) is 0 Å². The number of hydrogen-bond acceptors (Lipinski definition) is 2. The summed E-state index contributed by atoms with van der Waals surface area (Å²) in [4.78, 5) is 12.2. The molecule has 1 aromatic rings. The largest absolute Gasteiger partial charge is 0.329 e. The second-order valence-electron chi connectivity index (χ2n) is 4.27. The highest BCUT2D eigenvalue weighted by Gasteiger charge is 2.33. The van der Waals surface area contributed by atoms with Crippen LogP contribution in [0.3, 0.4) is 0 Å². The Hall–Kier alpha value is -0.940. The van der Waals surface area contributed by atoms with Crippen LogP contribution >= 0.6 is 15.9 Å². The van der Waals surface area contributed by atoms with Gasteiger partial charge in [-0.05, 0) is 47.0 Å². The molecule has 100 valence electrons. The van der Waals surface area contributed by atoms with E-state index in [0.717, 1.165) is 0 Å². The van der Waals surface area contributed by atoms with Crippen LogP contribution in [0.1, 0.15) is 26.7 Å². The van der Waals surface area contributed by atoms with Crippen molar-refractivity contribution in [2.24, 2.45) is 11.1 Å². The van der Waals surface area contributed by atoms with Crippen molar-refractivity contribution < 1.29 is 9.18 Å². The lowest BCUT2D eigenvalue weighted by atomic mass is 9.81. The van der Waals surface area contributed by atoms with Crippen molar-refractivity contribution >= 4 is 27.5 Å². The van der Waals surface area contributed by atoms with Gasteiger partial charge in [0.2, 0.25) is 5.91 Å². The van der Waals surface area contributed by atoms with E-state index in [4.69, 9.17) is 5.73 Å². The van der Waals surface area contributed by atoms with Crippen molar-refractivity contribution in [2.75, 3.05) is 11.9 Å². The van der Waals surface area contributed by atoms with E-state index < -0.39 is 11.2 Å². The zero-order valence-electron chi connectivity index (χ0n) is 10.6. The monoisotopic (exact) mass is 316 g/mol. The number of benzene rings is 1. The smallest absolute Gasteiger partial charge is 0.231 e. The van der Waals surface area contributed by atoms with Crippen LogP contribution in [0.25, 0.3) is 0 Å². The highest BCUT2D eigenvalue weighted by Crippen LogP contribution is 2.27. The Morgan fingerprint density at radius 2 is 2.06 bits per heavy atom. The molecule has 0 aliphatic heterocycles. The lowest BCUT2D eigenvalue weighted by Gasteiger charge is -2.28. The van der Waals surface area contributed by atoms with Crippen molar-refractivity contribution in [3.8, 4) is 0 Å². The third-order valence-electron chi connectivity index (χ3n) is 3.40. The first-order chi connectivity index (χ1) is 8.49. The van der Waals surface area contributed by atoms with Gasteiger partial charge < -0.3 is 11.1 Å². The van der Waals surface area contributed by atoms with Crippen molar-refractivity contribution in [1.29, 1.82) is 0 Å². The van der Waals surface area contributed by atoms with Gasteiger partial charge in [0, 0.05) is 12.2 Å². The average molecular weight is 317 g/mol. The summed E-state index contributed by atoms with van der Waals surface area (Å²) in [7, 11) is 0. The first-order valence-corrected chi connectivity index (χ1v) is 6.75. The van der Waals surface area contributed by atoms with E-state index in [0.29, 0.717) is 23.0 Å². The van der Waals surface area contributed by atoms with Crippen LogP contribution in [-0.4, -0.2) is 12.5 Å². The standard InChI is InChI=1S/C13H18BrFN2O/c1-3-13(4-2,8-16)12(18)17-9-5-6-10(14)11(15)7-9/h5-7H,3-4,8,16H2,1-2H3,(H,17,18). The molecule has 18 heavy (non-hydrogen) atoms.